The number of nitrogens with one attached hydrogen (secondary N) is 2. The van der Waals surface area contributed by atoms with Gasteiger partial charge in [0, 0.05) is 26.7 Å². The first-order valence-electron chi connectivity index (χ1n) is 9.12. The number of piperazine rings is 1. The fourth-order valence-electron chi connectivity index (χ4n) is 3.23. The molecule has 1 amide bonds. The SMILES string of the molecule is CN1CNc2ccccc21.O=C1CN(Cc2cc(F)cc(C(F)(F)F)c2)CCN1. The van der Waals surface area contributed by atoms with Crippen LogP contribution in [0.5, 0.6) is 0 Å². The first-order valence-corrected chi connectivity index (χ1v) is 9.12. The highest BCUT2D eigenvalue weighted by atomic mass is 19.4. The van der Waals surface area contributed by atoms with Crippen molar-refractivity contribution in [2.24, 2.45) is 0 Å². The minimum atomic E-state index is -4.57. The summed E-state index contributed by atoms with van der Waals surface area (Å²) in [6, 6.07) is 10.8. The van der Waals surface area contributed by atoms with Crippen molar-refractivity contribution in [3.05, 3.63) is 59.4 Å². The highest BCUT2D eigenvalue weighted by molar-refractivity contribution is 5.78. The Morgan fingerprint density at radius 1 is 1.10 bits per heavy atom. The number of rotatable bonds is 2. The van der Waals surface area contributed by atoms with Gasteiger partial charge in [0.1, 0.15) is 5.82 Å². The highest BCUT2D eigenvalue weighted by Crippen LogP contribution is 2.31. The molecule has 29 heavy (non-hydrogen) atoms. The van der Waals surface area contributed by atoms with Gasteiger partial charge < -0.3 is 15.5 Å². The lowest BCUT2D eigenvalue weighted by Gasteiger charge is -2.26. The lowest BCUT2D eigenvalue weighted by Crippen LogP contribution is -2.47. The molecule has 0 unspecified atom stereocenters. The van der Waals surface area contributed by atoms with Crippen molar-refractivity contribution >= 4 is 17.3 Å². The van der Waals surface area contributed by atoms with Crippen molar-refractivity contribution in [1.82, 2.24) is 10.2 Å². The van der Waals surface area contributed by atoms with Gasteiger partial charge in [-0.25, -0.2) is 4.39 Å². The fourth-order valence-corrected chi connectivity index (χ4v) is 3.23. The first-order chi connectivity index (χ1) is 13.7. The molecule has 4 rings (SSSR count). The van der Waals surface area contributed by atoms with Crippen LogP contribution in [0, 0.1) is 5.82 Å². The topological polar surface area (TPSA) is 47.6 Å². The molecular weight excluding hydrogens is 388 g/mol. The molecule has 2 aliphatic rings. The average molecular weight is 410 g/mol. The van der Waals surface area contributed by atoms with Crippen LogP contribution in [0.4, 0.5) is 28.9 Å². The van der Waals surface area contributed by atoms with Gasteiger partial charge in [0.25, 0.3) is 0 Å². The van der Waals surface area contributed by atoms with Crippen molar-refractivity contribution in [2.75, 3.05) is 43.6 Å². The standard InChI is InChI=1S/C12H12F4N2O.C8H10N2/c13-10-4-8(3-9(5-10)12(14,15)16)6-18-2-1-17-11(19)7-18;1-10-6-9-7-4-2-3-5-8(7)10/h3-5H,1-2,6-7H2,(H,17,19);2-5,9H,6H2,1H3. The molecule has 2 aliphatic heterocycles. The van der Waals surface area contributed by atoms with Gasteiger partial charge in [0.2, 0.25) is 5.91 Å². The molecule has 2 aromatic rings. The second-order valence-corrected chi connectivity index (χ2v) is 6.96. The van der Waals surface area contributed by atoms with E-state index in [0.717, 1.165) is 18.8 Å². The van der Waals surface area contributed by atoms with E-state index in [0.29, 0.717) is 19.2 Å². The number of halogens is 4. The molecule has 2 N–H and O–H groups in total. The molecule has 156 valence electrons. The molecular formula is C20H22F4N4O. The summed E-state index contributed by atoms with van der Waals surface area (Å²) in [4.78, 5) is 15.0. The average Bonchev–Trinajstić information content (AvgIpc) is 3.03. The summed E-state index contributed by atoms with van der Waals surface area (Å²) in [5.74, 6) is -1.11. The second kappa shape index (κ2) is 8.69. The zero-order valence-corrected chi connectivity index (χ0v) is 15.9. The van der Waals surface area contributed by atoms with Crippen LogP contribution in [0.1, 0.15) is 11.1 Å². The quantitative estimate of drug-likeness (QED) is 0.746. The summed E-state index contributed by atoms with van der Waals surface area (Å²) in [6.07, 6.45) is -4.57. The Bertz CT molecular complexity index is 872. The number of carbonyl (C=O) groups excluding carboxylic acids is 1. The van der Waals surface area contributed by atoms with Gasteiger partial charge in [-0.3, -0.25) is 9.69 Å². The number of para-hydroxylation sites is 2. The zero-order chi connectivity index (χ0) is 21.0. The van der Waals surface area contributed by atoms with E-state index >= 15 is 0 Å². The van der Waals surface area contributed by atoms with E-state index in [-0.39, 0.29) is 24.6 Å². The summed E-state index contributed by atoms with van der Waals surface area (Å²) in [5.41, 5.74) is 1.73. The van der Waals surface area contributed by atoms with Crippen molar-refractivity contribution in [1.29, 1.82) is 0 Å². The number of fused-ring (bicyclic) bond motifs is 1. The Balaban J connectivity index is 0.000000200. The molecule has 2 heterocycles. The van der Waals surface area contributed by atoms with Crippen LogP contribution in [-0.4, -0.2) is 44.2 Å². The van der Waals surface area contributed by atoms with E-state index in [1.165, 1.54) is 11.4 Å². The minimum Gasteiger partial charge on any atom is -0.366 e. The van der Waals surface area contributed by atoms with Crippen LogP contribution >= 0.6 is 0 Å². The molecule has 0 aromatic heterocycles. The Morgan fingerprint density at radius 3 is 2.55 bits per heavy atom. The maximum absolute atomic E-state index is 13.2. The van der Waals surface area contributed by atoms with Crippen molar-refractivity contribution in [3.8, 4) is 0 Å². The molecule has 0 spiro atoms. The number of carbonyl (C=O) groups is 1. The molecule has 0 radical (unpaired) electrons. The first kappa shape index (κ1) is 20.9. The third kappa shape index (κ3) is 5.60. The third-order valence-electron chi connectivity index (χ3n) is 4.63. The number of hydrogen-bond donors (Lipinski definition) is 2. The Morgan fingerprint density at radius 2 is 1.86 bits per heavy atom. The predicted octanol–water partition coefficient (Wildman–Crippen LogP) is 3.28. The number of hydrogen-bond acceptors (Lipinski definition) is 4. The molecule has 1 fully saturated rings. The number of benzene rings is 2. The molecule has 2 aromatic carbocycles. The van der Waals surface area contributed by atoms with E-state index in [1.54, 1.807) is 4.90 Å². The maximum Gasteiger partial charge on any atom is 0.416 e. The van der Waals surface area contributed by atoms with Gasteiger partial charge >= 0.3 is 6.18 Å². The zero-order valence-electron chi connectivity index (χ0n) is 15.9. The summed E-state index contributed by atoms with van der Waals surface area (Å²) < 4.78 is 50.8. The summed E-state index contributed by atoms with van der Waals surface area (Å²) in [7, 11) is 2.08. The minimum absolute atomic E-state index is 0.109. The number of alkyl halides is 3. The maximum atomic E-state index is 13.2. The highest BCUT2D eigenvalue weighted by Gasteiger charge is 2.31. The molecule has 1 saturated heterocycles. The van der Waals surface area contributed by atoms with E-state index in [9.17, 15) is 22.4 Å². The molecule has 0 aliphatic carbocycles. The molecule has 0 bridgehead atoms. The van der Waals surface area contributed by atoms with Crippen LogP contribution in [-0.2, 0) is 17.5 Å². The number of amides is 1. The van der Waals surface area contributed by atoms with E-state index < -0.39 is 17.6 Å². The van der Waals surface area contributed by atoms with Gasteiger partial charge in [0.05, 0.1) is 30.2 Å². The normalized spacial score (nSPS) is 16.4. The Hall–Kier alpha value is -2.81. The largest absolute Gasteiger partial charge is 0.416 e. The summed E-state index contributed by atoms with van der Waals surface area (Å²) in [5, 5.41) is 5.89. The van der Waals surface area contributed by atoms with Crippen LogP contribution < -0.4 is 15.5 Å². The van der Waals surface area contributed by atoms with Crippen LogP contribution in [0.3, 0.4) is 0 Å². The molecule has 5 nitrogen and oxygen atoms in total. The third-order valence-corrected chi connectivity index (χ3v) is 4.63. The molecule has 9 heteroatoms. The Labute approximate surface area is 166 Å². The summed E-state index contributed by atoms with van der Waals surface area (Å²) >= 11 is 0. The van der Waals surface area contributed by atoms with E-state index in [2.05, 4.69) is 40.8 Å². The number of nitrogens with zero attached hydrogens (tertiary/aromatic N) is 2. The lowest BCUT2D eigenvalue weighted by molar-refractivity contribution is -0.138. The van der Waals surface area contributed by atoms with Crippen molar-refractivity contribution in [3.63, 3.8) is 0 Å². The van der Waals surface area contributed by atoms with Crippen LogP contribution in [0.2, 0.25) is 0 Å². The lowest BCUT2D eigenvalue weighted by atomic mass is 10.1. The molecule has 0 atom stereocenters. The molecule has 0 saturated carbocycles. The van der Waals surface area contributed by atoms with Gasteiger partial charge in [-0.1, -0.05) is 12.1 Å². The van der Waals surface area contributed by atoms with Crippen LogP contribution in [0.15, 0.2) is 42.5 Å². The number of anilines is 2. The second-order valence-electron chi connectivity index (χ2n) is 6.96. The van der Waals surface area contributed by atoms with Crippen molar-refractivity contribution in [2.45, 2.75) is 12.7 Å². The summed E-state index contributed by atoms with van der Waals surface area (Å²) in [6.45, 7) is 2.13. The van der Waals surface area contributed by atoms with Gasteiger partial charge in [-0.15, -0.1) is 0 Å². The smallest absolute Gasteiger partial charge is 0.366 e. The van der Waals surface area contributed by atoms with E-state index in [1.807, 2.05) is 6.07 Å². The van der Waals surface area contributed by atoms with Gasteiger partial charge in [-0.05, 0) is 35.9 Å². The predicted molar refractivity (Wildman–Crippen MR) is 103 cm³/mol. The van der Waals surface area contributed by atoms with Crippen molar-refractivity contribution < 1.29 is 22.4 Å². The fraction of sp³-hybridized carbons (Fsp3) is 0.350. The van der Waals surface area contributed by atoms with E-state index in [4.69, 9.17) is 0 Å². The van der Waals surface area contributed by atoms with Gasteiger partial charge in [0.15, 0.2) is 0 Å². The van der Waals surface area contributed by atoms with Gasteiger partial charge in [-0.2, -0.15) is 13.2 Å². The monoisotopic (exact) mass is 410 g/mol. The Kier molecular flexibility index (Phi) is 6.26. The van der Waals surface area contributed by atoms with Crippen LogP contribution in [0.25, 0.3) is 0 Å².